The molecule has 1 heterocycles. The van der Waals surface area contributed by atoms with E-state index in [4.69, 9.17) is 23.2 Å². The minimum absolute atomic E-state index is 0.00857. The van der Waals surface area contributed by atoms with Crippen LogP contribution in [-0.2, 0) is 0 Å². The van der Waals surface area contributed by atoms with Gasteiger partial charge in [0.25, 0.3) is 0 Å². The van der Waals surface area contributed by atoms with Crippen LogP contribution >= 0.6 is 23.2 Å². The molecule has 0 aliphatic carbocycles. The summed E-state index contributed by atoms with van der Waals surface area (Å²) in [5, 5.41) is 0.195. The third-order valence-electron chi connectivity index (χ3n) is 2.67. The summed E-state index contributed by atoms with van der Waals surface area (Å²) in [6.07, 6.45) is 0. The molecule has 0 amide bonds. The summed E-state index contributed by atoms with van der Waals surface area (Å²) in [5.41, 5.74) is 0.501. The topological polar surface area (TPSA) is 25.8 Å². The number of benzene rings is 1. The fourth-order valence-electron chi connectivity index (χ4n) is 1.71. The lowest BCUT2D eigenvalue weighted by Crippen LogP contribution is -2.00. The number of rotatable bonds is 2. The van der Waals surface area contributed by atoms with Gasteiger partial charge in [-0.2, -0.15) is 0 Å². The molecule has 0 atom stereocenters. The Morgan fingerprint density at radius 2 is 1.40 bits per heavy atom. The Balaban J connectivity index is 2.60. The predicted octanol–water partition coefficient (Wildman–Crippen LogP) is 4.99. The van der Waals surface area contributed by atoms with E-state index in [0.29, 0.717) is 5.56 Å². The second-order valence-corrected chi connectivity index (χ2v) is 5.17. The fraction of sp³-hybridized carbons (Fsp3) is 0.231. The summed E-state index contributed by atoms with van der Waals surface area (Å²) in [6.45, 7) is 3.71. The van der Waals surface area contributed by atoms with Crippen molar-refractivity contribution in [2.75, 3.05) is 0 Å². The van der Waals surface area contributed by atoms with Crippen molar-refractivity contribution >= 4 is 23.2 Å². The predicted molar refractivity (Wildman–Crippen MR) is 71.5 cm³/mol. The SMILES string of the molecule is CC(C)c1c(Cl)nc(-c2cc(F)c(F)c(F)c2)nc1Cl. The molecule has 0 bridgehead atoms. The Morgan fingerprint density at radius 1 is 0.950 bits per heavy atom. The summed E-state index contributed by atoms with van der Waals surface area (Å²) >= 11 is 12.0. The third kappa shape index (κ3) is 2.74. The number of hydrogen-bond donors (Lipinski definition) is 0. The summed E-state index contributed by atoms with van der Waals surface area (Å²) < 4.78 is 39.3. The van der Waals surface area contributed by atoms with Crippen LogP contribution in [0.1, 0.15) is 25.3 Å². The van der Waals surface area contributed by atoms with Crippen LogP contribution in [0.2, 0.25) is 10.3 Å². The lowest BCUT2D eigenvalue weighted by atomic mass is 10.1. The summed E-state index contributed by atoms with van der Waals surface area (Å²) in [7, 11) is 0. The van der Waals surface area contributed by atoms with E-state index in [1.807, 2.05) is 13.8 Å². The number of halogens is 5. The van der Waals surface area contributed by atoms with Crippen LogP contribution in [0, 0.1) is 17.5 Å². The van der Waals surface area contributed by atoms with Crippen molar-refractivity contribution < 1.29 is 13.2 Å². The van der Waals surface area contributed by atoms with Gasteiger partial charge in [-0.05, 0) is 18.1 Å². The molecule has 1 aromatic carbocycles. The Morgan fingerprint density at radius 3 is 1.80 bits per heavy atom. The van der Waals surface area contributed by atoms with E-state index in [1.165, 1.54) is 0 Å². The zero-order chi connectivity index (χ0) is 15.0. The van der Waals surface area contributed by atoms with Gasteiger partial charge in [0, 0.05) is 11.1 Å². The Bertz CT molecular complexity index is 629. The zero-order valence-electron chi connectivity index (χ0n) is 10.5. The number of aromatic nitrogens is 2. The average molecular weight is 321 g/mol. The molecule has 0 fully saturated rings. The second-order valence-electron chi connectivity index (χ2n) is 4.45. The molecule has 2 nitrogen and oxygen atoms in total. The van der Waals surface area contributed by atoms with Gasteiger partial charge in [0.05, 0.1) is 0 Å². The van der Waals surface area contributed by atoms with E-state index in [-0.39, 0.29) is 27.6 Å². The zero-order valence-corrected chi connectivity index (χ0v) is 12.0. The minimum Gasteiger partial charge on any atom is -0.216 e. The van der Waals surface area contributed by atoms with E-state index in [0.717, 1.165) is 12.1 Å². The van der Waals surface area contributed by atoms with Crippen LogP contribution in [0.5, 0.6) is 0 Å². The van der Waals surface area contributed by atoms with E-state index in [2.05, 4.69) is 9.97 Å². The summed E-state index contributed by atoms with van der Waals surface area (Å²) in [4.78, 5) is 7.90. The first-order valence-electron chi connectivity index (χ1n) is 5.69. The number of hydrogen-bond acceptors (Lipinski definition) is 2. The largest absolute Gasteiger partial charge is 0.216 e. The van der Waals surface area contributed by atoms with E-state index >= 15 is 0 Å². The molecule has 1 aromatic heterocycles. The van der Waals surface area contributed by atoms with Crippen molar-refractivity contribution in [2.45, 2.75) is 19.8 Å². The Labute approximate surface area is 123 Å². The highest BCUT2D eigenvalue weighted by molar-refractivity contribution is 6.34. The molecule has 20 heavy (non-hydrogen) atoms. The van der Waals surface area contributed by atoms with Crippen molar-refractivity contribution in [3.8, 4) is 11.4 Å². The lowest BCUT2D eigenvalue weighted by Gasteiger charge is -2.11. The molecular weight excluding hydrogens is 312 g/mol. The van der Waals surface area contributed by atoms with Crippen molar-refractivity contribution in [3.63, 3.8) is 0 Å². The van der Waals surface area contributed by atoms with E-state index in [9.17, 15) is 13.2 Å². The van der Waals surface area contributed by atoms with Crippen molar-refractivity contribution in [3.05, 3.63) is 45.5 Å². The van der Waals surface area contributed by atoms with Crippen LogP contribution in [0.25, 0.3) is 11.4 Å². The van der Waals surface area contributed by atoms with Crippen LogP contribution in [0.3, 0.4) is 0 Å². The molecule has 0 aliphatic rings. The quantitative estimate of drug-likeness (QED) is 0.575. The van der Waals surface area contributed by atoms with E-state index in [1.54, 1.807) is 0 Å². The Kier molecular flexibility index (Phi) is 4.20. The molecular formula is C13H9Cl2F3N2. The van der Waals surface area contributed by atoms with Gasteiger partial charge in [0.15, 0.2) is 23.3 Å². The highest BCUT2D eigenvalue weighted by Gasteiger charge is 2.18. The molecule has 2 rings (SSSR count). The molecule has 0 radical (unpaired) electrons. The van der Waals surface area contributed by atoms with Gasteiger partial charge >= 0.3 is 0 Å². The van der Waals surface area contributed by atoms with Crippen molar-refractivity contribution in [1.29, 1.82) is 0 Å². The monoisotopic (exact) mass is 320 g/mol. The number of nitrogens with zero attached hydrogens (tertiary/aromatic N) is 2. The summed E-state index contributed by atoms with van der Waals surface area (Å²) in [5.74, 6) is -4.29. The van der Waals surface area contributed by atoms with Gasteiger partial charge in [-0.3, -0.25) is 0 Å². The van der Waals surface area contributed by atoms with Crippen molar-refractivity contribution in [1.82, 2.24) is 9.97 Å². The van der Waals surface area contributed by atoms with Gasteiger partial charge in [-0.25, -0.2) is 23.1 Å². The van der Waals surface area contributed by atoms with Gasteiger partial charge in [0.2, 0.25) is 0 Å². The maximum absolute atomic E-state index is 13.2. The molecule has 0 aliphatic heterocycles. The standard InChI is InChI=1S/C13H9Cl2F3N2/c1-5(2)9-11(14)19-13(20-12(9)15)6-3-7(16)10(18)8(17)4-6/h3-5H,1-2H3. The average Bonchev–Trinajstić information content (AvgIpc) is 2.33. The Hall–Kier alpha value is -1.33. The lowest BCUT2D eigenvalue weighted by molar-refractivity contribution is 0.447. The molecule has 0 saturated carbocycles. The molecule has 0 N–H and O–H groups in total. The van der Waals surface area contributed by atoms with Crippen LogP contribution in [0.15, 0.2) is 12.1 Å². The molecule has 0 unspecified atom stereocenters. The molecule has 0 spiro atoms. The first-order chi connectivity index (χ1) is 9.31. The minimum atomic E-state index is -1.55. The first kappa shape index (κ1) is 15.1. The molecule has 106 valence electrons. The van der Waals surface area contributed by atoms with Gasteiger partial charge in [-0.15, -0.1) is 0 Å². The van der Waals surface area contributed by atoms with Gasteiger partial charge in [0.1, 0.15) is 10.3 Å². The summed E-state index contributed by atoms with van der Waals surface area (Å²) in [6, 6.07) is 1.57. The molecule has 7 heteroatoms. The van der Waals surface area contributed by atoms with Crippen LogP contribution in [-0.4, -0.2) is 9.97 Å². The smallest absolute Gasteiger partial charge is 0.194 e. The maximum atomic E-state index is 13.2. The van der Waals surface area contributed by atoms with Gasteiger partial charge in [-0.1, -0.05) is 37.0 Å². The maximum Gasteiger partial charge on any atom is 0.194 e. The van der Waals surface area contributed by atoms with E-state index < -0.39 is 17.5 Å². The van der Waals surface area contributed by atoms with Crippen molar-refractivity contribution in [2.24, 2.45) is 0 Å². The second kappa shape index (κ2) is 5.58. The molecule has 2 aromatic rings. The van der Waals surface area contributed by atoms with Crippen LogP contribution < -0.4 is 0 Å². The first-order valence-corrected chi connectivity index (χ1v) is 6.44. The third-order valence-corrected chi connectivity index (χ3v) is 3.25. The van der Waals surface area contributed by atoms with Crippen LogP contribution in [0.4, 0.5) is 13.2 Å². The normalized spacial score (nSPS) is 11.2. The highest BCUT2D eigenvalue weighted by atomic mass is 35.5. The highest BCUT2D eigenvalue weighted by Crippen LogP contribution is 2.31. The fourth-order valence-corrected chi connectivity index (χ4v) is 2.53. The molecule has 0 saturated heterocycles. The van der Waals surface area contributed by atoms with Gasteiger partial charge < -0.3 is 0 Å².